The fourth-order valence-electron chi connectivity index (χ4n) is 7.74. The Morgan fingerprint density at radius 2 is 1.40 bits per heavy atom. The Kier molecular flexibility index (Phi) is 16.5. The lowest BCUT2D eigenvalue weighted by Gasteiger charge is -2.38. The lowest BCUT2D eigenvalue weighted by Crippen LogP contribution is -2.57. The van der Waals surface area contributed by atoms with E-state index in [1.54, 1.807) is 57.9 Å². The quantitative estimate of drug-likeness (QED) is 0.0501. The number of carbonyl (C=O) groups excluding carboxylic acids is 2. The molecule has 1 saturated heterocycles. The number of carbonyl (C=O) groups is 2. The molecule has 4 aromatic rings. The second-order valence-corrected chi connectivity index (χ2v) is 21.3. The summed E-state index contributed by atoms with van der Waals surface area (Å²) in [7, 11) is 2.39. The van der Waals surface area contributed by atoms with Crippen LogP contribution in [0.4, 0.5) is 4.79 Å². The monoisotopic (exact) mass is 882 g/mol. The van der Waals surface area contributed by atoms with E-state index in [1.165, 1.54) is 4.90 Å². The zero-order valence-corrected chi connectivity index (χ0v) is 38.0. The third-order valence-electron chi connectivity index (χ3n) is 10.6. The van der Waals surface area contributed by atoms with E-state index in [-0.39, 0.29) is 36.9 Å². The molecule has 1 fully saturated rings. The van der Waals surface area contributed by atoms with Crippen molar-refractivity contribution in [1.82, 2.24) is 15.5 Å². The summed E-state index contributed by atoms with van der Waals surface area (Å²) in [5.74, 6) is 1.05. The van der Waals surface area contributed by atoms with E-state index in [2.05, 4.69) is 44.4 Å². The van der Waals surface area contributed by atoms with Gasteiger partial charge in [-0.1, -0.05) is 100 Å². The van der Waals surface area contributed by atoms with Crippen LogP contribution in [0.3, 0.4) is 0 Å². The van der Waals surface area contributed by atoms with Gasteiger partial charge >= 0.3 is 6.03 Å². The molecule has 15 heteroatoms. The van der Waals surface area contributed by atoms with Crippen molar-refractivity contribution in [3.8, 4) is 17.6 Å². The minimum Gasteiger partial charge on any atom is -0.497 e. The van der Waals surface area contributed by atoms with Crippen molar-refractivity contribution >= 4 is 27.6 Å². The Bertz CT molecular complexity index is 2070. The van der Waals surface area contributed by atoms with Gasteiger partial charge in [0, 0.05) is 18.9 Å². The van der Waals surface area contributed by atoms with E-state index >= 15 is 0 Å². The number of methoxy groups -OCH3 is 3. The summed E-state index contributed by atoms with van der Waals surface area (Å²) < 4.78 is 45.1. The SMILES string of the molecule is COc1ccc(C(OC[C@H]2O[C@@H](N3C=CC(NC(=O)c4ccccc4)NC3=O)[C@@H](OP(OCCC#N)P(C(C)C)C(C)C)C2OC)(c2ccccc2)c2ccc(OC)cc2)cc1. The molecule has 2 heterocycles. The second kappa shape index (κ2) is 22.0. The highest BCUT2D eigenvalue weighted by atomic mass is 32.1. The molecule has 3 amide bonds. The Labute approximate surface area is 367 Å². The molecule has 6 atom stereocenters. The van der Waals surface area contributed by atoms with E-state index in [9.17, 15) is 14.9 Å². The fourth-order valence-corrected chi connectivity index (χ4v) is 14.2. The zero-order valence-electron chi connectivity index (χ0n) is 36.2. The number of urea groups is 1. The van der Waals surface area contributed by atoms with Crippen LogP contribution in [-0.2, 0) is 28.9 Å². The number of ether oxygens (including phenoxy) is 5. The van der Waals surface area contributed by atoms with Crippen molar-refractivity contribution in [2.75, 3.05) is 34.5 Å². The van der Waals surface area contributed by atoms with Crippen molar-refractivity contribution in [1.29, 1.82) is 5.26 Å². The van der Waals surface area contributed by atoms with Gasteiger partial charge in [0.15, 0.2) is 14.3 Å². The normalized spacial score (nSPS) is 20.6. The highest BCUT2D eigenvalue weighted by Crippen LogP contribution is 2.75. The van der Waals surface area contributed by atoms with E-state index in [0.29, 0.717) is 17.1 Å². The molecule has 4 aromatic carbocycles. The molecule has 3 unspecified atom stereocenters. The van der Waals surface area contributed by atoms with Gasteiger partial charge in [0.25, 0.3) is 5.91 Å². The second-order valence-electron chi connectivity index (χ2n) is 15.2. The molecule has 13 nitrogen and oxygen atoms in total. The molecular weight excluding hydrogens is 826 g/mol. The van der Waals surface area contributed by atoms with Crippen LogP contribution >= 0.6 is 15.7 Å². The number of amides is 3. The van der Waals surface area contributed by atoms with Crippen LogP contribution in [0.2, 0.25) is 0 Å². The third kappa shape index (κ3) is 10.6. The Hall–Kier alpha value is -4.89. The Morgan fingerprint density at radius 1 is 0.839 bits per heavy atom. The minimum absolute atomic E-state index is 0.00686. The molecule has 62 heavy (non-hydrogen) atoms. The molecule has 2 aliphatic rings. The topological polar surface area (TPSA) is 150 Å². The van der Waals surface area contributed by atoms with E-state index in [1.807, 2.05) is 84.9 Å². The van der Waals surface area contributed by atoms with Crippen molar-refractivity contribution in [3.05, 3.63) is 144 Å². The van der Waals surface area contributed by atoms with Crippen molar-refractivity contribution in [3.63, 3.8) is 0 Å². The van der Waals surface area contributed by atoms with Gasteiger partial charge in [0.05, 0.1) is 39.9 Å². The predicted octanol–water partition coefficient (Wildman–Crippen LogP) is 8.89. The summed E-state index contributed by atoms with van der Waals surface area (Å²) in [6.07, 6.45) is -0.699. The number of hydrogen-bond donors (Lipinski definition) is 2. The summed E-state index contributed by atoms with van der Waals surface area (Å²) in [5.41, 5.74) is 2.28. The number of nitrogens with zero attached hydrogens (tertiary/aromatic N) is 2. The lowest BCUT2D eigenvalue weighted by atomic mass is 9.80. The summed E-state index contributed by atoms with van der Waals surface area (Å²) in [4.78, 5) is 28.6. The summed E-state index contributed by atoms with van der Waals surface area (Å²) in [6, 6.07) is 35.9. The highest BCUT2D eigenvalue weighted by molar-refractivity contribution is 8.26. The van der Waals surface area contributed by atoms with E-state index < -0.39 is 58.0 Å². The zero-order chi connectivity index (χ0) is 44.2. The maximum Gasteiger partial charge on any atom is 0.325 e. The molecule has 2 aliphatic heterocycles. The first kappa shape index (κ1) is 46.6. The van der Waals surface area contributed by atoms with Gasteiger partial charge in [-0.05, 0) is 78.1 Å². The standard InChI is InChI=1S/C47H56N4O9P2/c1-32(2)61(33(3)4)62(58-30-14-28-48)60-43-42(56-7)40(59-45(43)51-29-27-41(50-46(51)53)49-44(52)34-15-10-8-11-16-34)31-57-47(35-17-12-9-13-18-35,36-19-23-38(54-5)24-20-36)37-21-25-39(55-6)26-22-37/h8-13,15-27,29,32-33,40-43,45H,14,30-31H2,1-7H3,(H,49,52)(H,50,53)/t40-,41?,42?,43+,45-,62?/m1/s1. The van der Waals surface area contributed by atoms with Crippen LogP contribution in [0.15, 0.2) is 121 Å². The summed E-state index contributed by atoms with van der Waals surface area (Å²) >= 11 is 0. The molecule has 0 aromatic heterocycles. The lowest BCUT2D eigenvalue weighted by molar-refractivity contribution is -0.103. The average Bonchev–Trinajstić information content (AvgIpc) is 3.63. The van der Waals surface area contributed by atoms with Gasteiger partial charge in [-0.15, -0.1) is 0 Å². The van der Waals surface area contributed by atoms with E-state index in [4.69, 9.17) is 32.7 Å². The van der Waals surface area contributed by atoms with Crippen LogP contribution in [-0.4, -0.2) is 93.4 Å². The smallest absolute Gasteiger partial charge is 0.325 e. The number of rotatable bonds is 20. The molecule has 328 valence electrons. The first-order valence-electron chi connectivity index (χ1n) is 20.6. The van der Waals surface area contributed by atoms with Gasteiger partial charge in [-0.3, -0.25) is 9.69 Å². The number of hydrogen-bond acceptors (Lipinski definition) is 10. The molecule has 0 bridgehead atoms. The van der Waals surface area contributed by atoms with Crippen molar-refractivity contribution < 1.29 is 42.3 Å². The number of nitrogens with one attached hydrogen (secondary N) is 2. The third-order valence-corrected chi connectivity index (χ3v) is 18.5. The van der Waals surface area contributed by atoms with Crippen LogP contribution < -0.4 is 20.1 Å². The molecule has 2 N–H and O–H groups in total. The average molecular weight is 883 g/mol. The Morgan fingerprint density at radius 3 is 1.92 bits per heavy atom. The molecule has 0 radical (unpaired) electrons. The molecule has 0 aliphatic carbocycles. The van der Waals surface area contributed by atoms with Crippen LogP contribution in [0.1, 0.15) is 61.2 Å². The summed E-state index contributed by atoms with van der Waals surface area (Å²) in [6.45, 7) is 8.79. The maximum atomic E-state index is 14.1. The molecule has 0 spiro atoms. The first-order valence-corrected chi connectivity index (χ1v) is 24.0. The largest absolute Gasteiger partial charge is 0.497 e. The fraction of sp³-hybridized carbons (Fsp3) is 0.383. The van der Waals surface area contributed by atoms with Gasteiger partial charge in [0.1, 0.15) is 41.6 Å². The van der Waals surface area contributed by atoms with Crippen LogP contribution in [0, 0.1) is 11.3 Å². The van der Waals surface area contributed by atoms with Gasteiger partial charge in [-0.2, -0.15) is 5.26 Å². The van der Waals surface area contributed by atoms with Crippen molar-refractivity contribution in [2.45, 2.75) is 81.7 Å². The molecular formula is C47H56N4O9P2. The van der Waals surface area contributed by atoms with Gasteiger partial charge in [-0.25, -0.2) is 4.79 Å². The summed E-state index contributed by atoms with van der Waals surface area (Å²) in [5, 5.41) is 15.2. The molecule has 6 rings (SSSR count). The minimum atomic E-state index is -1.59. The first-order chi connectivity index (χ1) is 30.0. The maximum absolute atomic E-state index is 14.1. The molecule has 0 saturated carbocycles. The number of nitriles is 1. The van der Waals surface area contributed by atoms with Gasteiger partial charge < -0.3 is 43.4 Å². The predicted molar refractivity (Wildman–Crippen MR) is 240 cm³/mol. The van der Waals surface area contributed by atoms with Crippen LogP contribution in [0.25, 0.3) is 0 Å². The highest BCUT2D eigenvalue weighted by Gasteiger charge is 2.53. The number of benzene rings is 4. The van der Waals surface area contributed by atoms with E-state index in [0.717, 1.165) is 16.7 Å². The Balaban J connectivity index is 1.39. The van der Waals surface area contributed by atoms with Gasteiger partial charge in [0.2, 0.25) is 0 Å². The van der Waals surface area contributed by atoms with Crippen LogP contribution in [0.5, 0.6) is 11.5 Å². The van der Waals surface area contributed by atoms with Crippen molar-refractivity contribution in [2.24, 2.45) is 0 Å².